The van der Waals surface area contributed by atoms with Crippen LogP contribution in [-0.4, -0.2) is 68.1 Å². The molecule has 1 aliphatic rings. The van der Waals surface area contributed by atoms with Gasteiger partial charge in [-0.05, 0) is 24.6 Å². The molecule has 1 fully saturated rings. The van der Waals surface area contributed by atoms with E-state index >= 15 is 0 Å². The number of rotatable bonds is 9. The summed E-state index contributed by atoms with van der Waals surface area (Å²) in [6, 6.07) is 16.7. The minimum atomic E-state index is -0.422. The van der Waals surface area contributed by atoms with Gasteiger partial charge in [0.15, 0.2) is 0 Å². The summed E-state index contributed by atoms with van der Waals surface area (Å²) in [4.78, 5) is 38.1. The summed E-state index contributed by atoms with van der Waals surface area (Å²) in [6.45, 7) is 3.88. The number of hydrogen-bond acceptors (Lipinski definition) is 5. The maximum Gasteiger partial charge on any atom is 0.251 e. The minimum absolute atomic E-state index is 0.128. The fourth-order valence-corrected chi connectivity index (χ4v) is 3.36. The van der Waals surface area contributed by atoms with Crippen molar-refractivity contribution < 1.29 is 23.9 Å². The number of amides is 3. The van der Waals surface area contributed by atoms with Crippen LogP contribution in [0.3, 0.4) is 0 Å². The van der Waals surface area contributed by atoms with Gasteiger partial charge in [0, 0.05) is 18.7 Å². The lowest BCUT2D eigenvalue weighted by Gasteiger charge is -2.33. The molecule has 0 aliphatic carbocycles. The molecule has 0 spiro atoms. The average Bonchev–Trinajstić information content (AvgIpc) is 2.82. The van der Waals surface area contributed by atoms with Gasteiger partial charge in [0.25, 0.3) is 5.91 Å². The molecule has 8 heteroatoms. The number of morpholine rings is 1. The molecule has 3 rings (SSSR count). The second-order valence-corrected chi connectivity index (χ2v) is 7.66. The Bertz CT molecular complexity index is 919. The zero-order valence-electron chi connectivity index (χ0n) is 18.2. The van der Waals surface area contributed by atoms with Crippen molar-refractivity contribution in [2.24, 2.45) is 0 Å². The summed E-state index contributed by atoms with van der Waals surface area (Å²) in [5, 5.41) is 5.09. The first-order valence-corrected chi connectivity index (χ1v) is 10.6. The maximum absolute atomic E-state index is 12.5. The largest absolute Gasteiger partial charge is 0.374 e. The molecule has 32 heavy (non-hydrogen) atoms. The molecule has 1 atom stereocenters. The molecule has 3 amide bonds. The van der Waals surface area contributed by atoms with Crippen molar-refractivity contribution in [3.63, 3.8) is 0 Å². The number of benzene rings is 2. The Kier molecular flexibility index (Phi) is 8.77. The highest BCUT2D eigenvalue weighted by Crippen LogP contribution is 2.09. The Morgan fingerprint density at radius 1 is 1.06 bits per heavy atom. The van der Waals surface area contributed by atoms with Crippen LogP contribution in [0.5, 0.6) is 0 Å². The fourth-order valence-electron chi connectivity index (χ4n) is 3.36. The van der Waals surface area contributed by atoms with E-state index in [1.807, 2.05) is 31.2 Å². The Morgan fingerprint density at radius 3 is 2.66 bits per heavy atom. The zero-order valence-corrected chi connectivity index (χ0v) is 18.2. The monoisotopic (exact) mass is 439 g/mol. The van der Waals surface area contributed by atoms with Gasteiger partial charge in [-0.1, -0.05) is 48.0 Å². The average molecular weight is 440 g/mol. The van der Waals surface area contributed by atoms with Gasteiger partial charge in [-0.25, -0.2) is 0 Å². The topological polar surface area (TPSA) is 97.0 Å². The molecule has 2 aromatic rings. The van der Waals surface area contributed by atoms with Crippen molar-refractivity contribution in [3.8, 4) is 0 Å². The van der Waals surface area contributed by atoms with Crippen LogP contribution in [-0.2, 0) is 25.7 Å². The van der Waals surface area contributed by atoms with Crippen LogP contribution in [0.1, 0.15) is 21.5 Å². The number of hydrogen-bond donors (Lipinski definition) is 2. The molecule has 0 aromatic heterocycles. The molecule has 0 radical (unpaired) electrons. The van der Waals surface area contributed by atoms with Gasteiger partial charge in [-0.2, -0.15) is 0 Å². The predicted molar refractivity (Wildman–Crippen MR) is 119 cm³/mol. The molecule has 1 heterocycles. The number of nitrogens with zero attached hydrogens (tertiary/aromatic N) is 1. The minimum Gasteiger partial charge on any atom is -0.374 e. The summed E-state index contributed by atoms with van der Waals surface area (Å²) in [5.41, 5.74) is 2.75. The van der Waals surface area contributed by atoms with E-state index in [4.69, 9.17) is 9.47 Å². The van der Waals surface area contributed by atoms with Gasteiger partial charge < -0.3 is 25.0 Å². The number of aryl methyl sites for hydroxylation is 1. The highest BCUT2D eigenvalue weighted by molar-refractivity contribution is 5.96. The Balaban J connectivity index is 1.34. The van der Waals surface area contributed by atoms with E-state index in [2.05, 4.69) is 16.7 Å². The molecule has 2 aromatic carbocycles. The number of nitrogens with one attached hydrogen (secondary N) is 2. The molecule has 1 saturated heterocycles. The van der Waals surface area contributed by atoms with Crippen LogP contribution >= 0.6 is 0 Å². The third kappa shape index (κ3) is 7.47. The first-order chi connectivity index (χ1) is 15.5. The Hall–Kier alpha value is -3.23. The van der Waals surface area contributed by atoms with Gasteiger partial charge in [-0.15, -0.1) is 0 Å². The van der Waals surface area contributed by atoms with E-state index < -0.39 is 5.91 Å². The summed E-state index contributed by atoms with van der Waals surface area (Å²) < 4.78 is 11.5. The highest BCUT2D eigenvalue weighted by atomic mass is 16.5. The molecule has 1 unspecified atom stereocenters. The van der Waals surface area contributed by atoms with Gasteiger partial charge in [0.1, 0.15) is 0 Å². The van der Waals surface area contributed by atoms with E-state index in [1.54, 1.807) is 29.2 Å². The van der Waals surface area contributed by atoms with Crippen molar-refractivity contribution in [1.29, 1.82) is 0 Å². The quantitative estimate of drug-likeness (QED) is 0.614. The van der Waals surface area contributed by atoms with E-state index in [0.29, 0.717) is 38.5 Å². The second-order valence-electron chi connectivity index (χ2n) is 7.66. The van der Waals surface area contributed by atoms with E-state index in [0.717, 1.165) is 5.56 Å². The van der Waals surface area contributed by atoms with Crippen LogP contribution in [0, 0.1) is 6.92 Å². The van der Waals surface area contributed by atoms with Crippen LogP contribution < -0.4 is 10.6 Å². The lowest BCUT2D eigenvalue weighted by Crippen LogP contribution is -2.50. The Morgan fingerprint density at radius 2 is 1.88 bits per heavy atom. The van der Waals surface area contributed by atoms with Crippen molar-refractivity contribution in [3.05, 3.63) is 71.3 Å². The van der Waals surface area contributed by atoms with Gasteiger partial charge in [0.2, 0.25) is 11.8 Å². The lowest BCUT2D eigenvalue weighted by atomic mass is 10.1. The van der Waals surface area contributed by atoms with Crippen LogP contribution in [0.25, 0.3) is 0 Å². The number of ether oxygens (including phenoxy) is 2. The zero-order chi connectivity index (χ0) is 22.8. The maximum atomic E-state index is 12.5. The summed E-state index contributed by atoms with van der Waals surface area (Å²) >= 11 is 0. The molecule has 0 saturated carbocycles. The van der Waals surface area contributed by atoms with Crippen molar-refractivity contribution >= 4 is 17.7 Å². The van der Waals surface area contributed by atoms with Gasteiger partial charge in [0.05, 0.1) is 39.0 Å². The second kappa shape index (κ2) is 12.0. The summed E-state index contributed by atoms with van der Waals surface area (Å²) in [7, 11) is 0. The van der Waals surface area contributed by atoms with Gasteiger partial charge >= 0.3 is 0 Å². The third-order valence-corrected chi connectivity index (χ3v) is 5.03. The van der Waals surface area contributed by atoms with Crippen molar-refractivity contribution in [1.82, 2.24) is 15.5 Å². The number of carbonyl (C=O) groups excluding carboxylic acids is 3. The van der Waals surface area contributed by atoms with Crippen molar-refractivity contribution in [2.45, 2.75) is 19.6 Å². The SMILES string of the molecule is Cc1cccc(COCC2CN(C(=O)CNC(=O)CNC(=O)c3ccccc3)CCO2)c1. The molecule has 0 bridgehead atoms. The number of carbonyl (C=O) groups is 3. The lowest BCUT2D eigenvalue weighted by molar-refractivity contribution is -0.141. The van der Waals surface area contributed by atoms with E-state index in [1.165, 1.54) is 5.56 Å². The molecule has 1 aliphatic heterocycles. The predicted octanol–water partition coefficient (Wildman–Crippen LogP) is 1.29. The van der Waals surface area contributed by atoms with E-state index in [9.17, 15) is 14.4 Å². The van der Waals surface area contributed by atoms with Crippen LogP contribution in [0.4, 0.5) is 0 Å². The summed E-state index contributed by atoms with van der Waals surface area (Å²) in [6.07, 6.45) is -0.210. The molecular weight excluding hydrogens is 410 g/mol. The molecular formula is C24H29N3O5. The first kappa shape index (κ1) is 23.4. The molecule has 8 nitrogen and oxygen atoms in total. The normalized spacial score (nSPS) is 15.8. The third-order valence-electron chi connectivity index (χ3n) is 5.03. The molecule has 170 valence electrons. The van der Waals surface area contributed by atoms with Crippen molar-refractivity contribution in [2.75, 3.05) is 39.4 Å². The molecule has 2 N–H and O–H groups in total. The summed E-state index contributed by atoms with van der Waals surface area (Å²) in [5.74, 6) is -0.956. The van der Waals surface area contributed by atoms with E-state index in [-0.39, 0.29) is 31.0 Å². The Labute approximate surface area is 187 Å². The highest BCUT2D eigenvalue weighted by Gasteiger charge is 2.24. The standard InChI is InChI=1S/C24H29N3O5/c1-18-6-5-7-19(12-18)16-31-17-21-15-27(10-11-32-21)23(29)14-25-22(28)13-26-24(30)20-8-3-2-4-9-20/h2-9,12,21H,10-11,13-17H2,1H3,(H,25,28)(H,26,30). The fraction of sp³-hybridized carbons (Fsp3) is 0.375. The van der Waals surface area contributed by atoms with Crippen LogP contribution in [0.2, 0.25) is 0 Å². The first-order valence-electron chi connectivity index (χ1n) is 10.6. The van der Waals surface area contributed by atoms with Gasteiger partial charge in [-0.3, -0.25) is 14.4 Å². The van der Waals surface area contributed by atoms with Crippen LogP contribution in [0.15, 0.2) is 54.6 Å². The smallest absolute Gasteiger partial charge is 0.251 e.